The third-order valence-electron chi connectivity index (χ3n) is 3.36. The Labute approximate surface area is 186 Å². The van der Waals surface area contributed by atoms with E-state index in [-0.39, 0.29) is 42.1 Å². The van der Waals surface area contributed by atoms with Gasteiger partial charge in [-0.25, -0.2) is 4.79 Å². The summed E-state index contributed by atoms with van der Waals surface area (Å²) in [5.74, 6) is 1.29. The van der Waals surface area contributed by atoms with Crippen LogP contribution < -0.4 is 15.8 Å². The van der Waals surface area contributed by atoms with Crippen LogP contribution in [0.4, 0.5) is 10.5 Å². The first-order valence-electron chi connectivity index (χ1n) is 9.24. The molecule has 0 spiro atoms. The average molecular weight is 506 g/mol. The van der Waals surface area contributed by atoms with Crippen molar-refractivity contribution in [3.05, 3.63) is 24.3 Å². The maximum atomic E-state index is 12.0. The highest BCUT2D eigenvalue weighted by Gasteiger charge is 2.20. The van der Waals surface area contributed by atoms with Gasteiger partial charge >= 0.3 is 6.09 Å². The molecule has 1 amide bonds. The van der Waals surface area contributed by atoms with Crippen LogP contribution in [0.3, 0.4) is 0 Å². The van der Waals surface area contributed by atoms with Gasteiger partial charge in [-0.05, 0) is 64.8 Å². The van der Waals surface area contributed by atoms with Crippen LogP contribution in [0.5, 0.6) is 5.75 Å². The third kappa shape index (κ3) is 11.2. The number of carbonyl (C=O) groups excluding carboxylic acids is 1. The standard InChI is InChI=1S/C20H34N4O3.HI/c1-14(2)26-17-10-8-16(9-11-17)23-18(21)22-12-15(3)13-24(7)19(25)27-20(4,5)6;/h8-11,14-15H,12-13H2,1-7H3,(H3,21,22,23);1H. The lowest BCUT2D eigenvalue weighted by molar-refractivity contribution is 0.0279. The Balaban J connectivity index is 0.00000729. The van der Waals surface area contributed by atoms with E-state index in [2.05, 4.69) is 10.3 Å². The number of ether oxygens (including phenoxy) is 2. The van der Waals surface area contributed by atoms with E-state index in [4.69, 9.17) is 15.2 Å². The van der Waals surface area contributed by atoms with Crippen molar-refractivity contribution in [3.8, 4) is 5.75 Å². The van der Waals surface area contributed by atoms with Gasteiger partial charge in [-0.2, -0.15) is 0 Å². The van der Waals surface area contributed by atoms with E-state index < -0.39 is 5.60 Å². The third-order valence-corrected chi connectivity index (χ3v) is 3.36. The van der Waals surface area contributed by atoms with E-state index in [0.29, 0.717) is 19.0 Å². The predicted octanol–water partition coefficient (Wildman–Crippen LogP) is 4.32. The molecular weight excluding hydrogens is 471 g/mol. The maximum absolute atomic E-state index is 12.0. The Kier molecular flexibility index (Phi) is 11.2. The Bertz CT molecular complexity index is 627. The van der Waals surface area contributed by atoms with Gasteiger partial charge in [0.1, 0.15) is 11.4 Å². The minimum absolute atomic E-state index is 0. The molecule has 160 valence electrons. The number of aliphatic imine (C=N–C) groups is 1. The second kappa shape index (κ2) is 12.0. The summed E-state index contributed by atoms with van der Waals surface area (Å²) in [7, 11) is 1.72. The molecule has 0 aliphatic heterocycles. The number of nitrogens with zero attached hydrogens (tertiary/aromatic N) is 2. The highest BCUT2D eigenvalue weighted by molar-refractivity contribution is 14.0. The molecule has 1 aromatic carbocycles. The van der Waals surface area contributed by atoms with E-state index >= 15 is 0 Å². The minimum Gasteiger partial charge on any atom is -0.491 e. The summed E-state index contributed by atoms with van der Waals surface area (Å²) in [6.07, 6.45) is -0.205. The number of nitrogens with one attached hydrogen (secondary N) is 1. The summed E-state index contributed by atoms with van der Waals surface area (Å²) in [5.41, 5.74) is 6.28. The normalized spacial score (nSPS) is 12.8. The van der Waals surface area contributed by atoms with E-state index in [1.165, 1.54) is 0 Å². The highest BCUT2D eigenvalue weighted by Crippen LogP contribution is 2.16. The van der Waals surface area contributed by atoms with Crippen molar-refractivity contribution in [1.82, 2.24) is 4.90 Å². The summed E-state index contributed by atoms with van der Waals surface area (Å²) in [6.45, 7) is 12.6. The molecule has 0 aromatic heterocycles. The molecule has 1 rings (SSSR count). The van der Waals surface area contributed by atoms with Crippen molar-refractivity contribution < 1.29 is 14.3 Å². The van der Waals surface area contributed by atoms with Gasteiger partial charge in [0.05, 0.1) is 6.10 Å². The van der Waals surface area contributed by atoms with Crippen molar-refractivity contribution >= 4 is 41.7 Å². The van der Waals surface area contributed by atoms with Gasteiger partial charge in [-0.1, -0.05) is 6.92 Å². The van der Waals surface area contributed by atoms with E-state index in [0.717, 1.165) is 11.4 Å². The van der Waals surface area contributed by atoms with Gasteiger partial charge in [0.25, 0.3) is 0 Å². The second-order valence-electron chi connectivity index (χ2n) is 8.01. The van der Waals surface area contributed by atoms with Crippen molar-refractivity contribution in [2.75, 3.05) is 25.5 Å². The van der Waals surface area contributed by atoms with Crippen molar-refractivity contribution in [2.24, 2.45) is 16.6 Å². The second-order valence-corrected chi connectivity index (χ2v) is 8.01. The fourth-order valence-electron chi connectivity index (χ4n) is 2.27. The zero-order chi connectivity index (χ0) is 20.6. The summed E-state index contributed by atoms with van der Waals surface area (Å²) in [5, 5.41) is 3.05. The van der Waals surface area contributed by atoms with Gasteiger partial charge in [-0.15, -0.1) is 24.0 Å². The van der Waals surface area contributed by atoms with Crippen molar-refractivity contribution in [3.63, 3.8) is 0 Å². The first-order chi connectivity index (χ1) is 12.5. The molecule has 1 atom stereocenters. The lowest BCUT2D eigenvalue weighted by Crippen LogP contribution is -2.37. The molecule has 0 fully saturated rings. The van der Waals surface area contributed by atoms with Crippen LogP contribution >= 0.6 is 24.0 Å². The largest absolute Gasteiger partial charge is 0.491 e. The molecule has 0 saturated heterocycles. The lowest BCUT2D eigenvalue weighted by atomic mass is 10.2. The average Bonchev–Trinajstić information content (AvgIpc) is 2.52. The fourth-order valence-corrected chi connectivity index (χ4v) is 2.27. The zero-order valence-corrected chi connectivity index (χ0v) is 20.3. The molecule has 3 N–H and O–H groups in total. The molecule has 0 saturated carbocycles. The summed E-state index contributed by atoms with van der Waals surface area (Å²) < 4.78 is 11.0. The first-order valence-corrected chi connectivity index (χ1v) is 9.24. The van der Waals surface area contributed by atoms with E-state index in [1.54, 1.807) is 11.9 Å². The smallest absolute Gasteiger partial charge is 0.410 e. The van der Waals surface area contributed by atoms with Crippen LogP contribution in [0.2, 0.25) is 0 Å². The molecule has 1 aromatic rings. The molecule has 1 unspecified atom stereocenters. The number of anilines is 1. The van der Waals surface area contributed by atoms with Gasteiger partial charge in [-0.3, -0.25) is 4.99 Å². The van der Waals surface area contributed by atoms with Gasteiger partial charge in [0.15, 0.2) is 5.96 Å². The lowest BCUT2D eigenvalue weighted by Gasteiger charge is -2.26. The molecule has 0 radical (unpaired) electrons. The molecule has 0 heterocycles. The maximum Gasteiger partial charge on any atom is 0.410 e. The highest BCUT2D eigenvalue weighted by atomic mass is 127. The molecular formula is C20H35IN4O3. The Morgan fingerprint density at radius 2 is 1.79 bits per heavy atom. The number of guanidine groups is 1. The zero-order valence-electron chi connectivity index (χ0n) is 18.0. The summed E-state index contributed by atoms with van der Waals surface area (Å²) in [4.78, 5) is 17.9. The minimum atomic E-state index is -0.503. The van der Waals surface area contributed by atoms with E-state index in [1.807, 2.05) is 65.8 Å². The summed E-state index contributed by atoms with van der Waals surface area (Å²) >= 11 is 0. The number of halogens is 1. The molecule has 0 bridgehead atoms. The quantitative estimate of drug-likeness (QED) is 0.327. The topological polar surface area (TPSA) is 89.2 Å². The number of benzene rings is 1. The number of nitrogens with two attached hydrogens (primary N) is 1. The number of carbonyl (C=O) groups is 1. The number of hydrogen-bond acceptors (Lipinski definition) is 4. The predicted molar refractivity (Wildman–Crippen MR) is 126 cm³/mol. The Hall–Kier alpha value is -1.71. The SMILES string of the molecule is CC(CN=C(N)Nc1ccc(OC(C)C)cc1)CN(C)C(=O)OC(C)(C)C.I. The number of rotatable bonds is 7. The van der Waals surface area contributed by atoms with Crippen LogP contribution in [0.25, 0.3) is 0 Å². The number of hydrogen-bond donors (Lipinski definition) is 2. The summed E-state index contributed by atoms with van der Waals surface area (Å²) in [6, 6.07) is 7.54. The van der Waals surface area contributed by atoms with Gasteiger partial charge in [0.2, 0.25) is 0 Å². The van der Waals surface area contributed by atoms with Crippen molar-refractivity contribution in [2.45, 2.75) is 53.2 Å². The van der Waals surface area contributed by atoms with Crippen LogP contribution in [0.15, 0.2) is 29.3 Å². The monoisotopic (exact) mass is 506 g/mol. The Morgan fingerprint density at radius 3 is 2.29 bits per heavy atom. The van der Waals surface area contributed by atoms with Crippen molar-refractivity contribution in [1.29, 1.82) is 0 Å². The van der Waals surface area contributed by atoms with Crippen LogP contribution in [-0.2, 0) is 4.74 Å². The van der Waals surface area contributed by atoms with Crippen LogP contribution in [0.1, 0.15) is 41.5 Å². The number of amides is 1. The van der Waals surface area contributed by atoms with Gasteiger partial charge < -0.3 is 25.4 Å². The molecule has 28 heavy (non-hydrogen) atoms. The van der Waals surface area contributed by atoms with E-state index in [9.17, 15) is 4.79 Å². The fraction of sp³-hybridized carbons (Fsp3) is 0.600. The Morgan fingerprint density at radius 1 is 1.21 bits per heavy atom. The van der Waals surface area contributed by atoms with Crippen LogP contribution in [-0.4, -0.2) is 48.8 Å². The first kappa shape index (κ1) is 26.3. The molecule has 0 aliphatic rings. The molecule has 8 heteroatoms. The molecule has 7 nitrogen and oxygen atoms in total. The van der Waals surface area contributed by atoms with Crippen LogP contribution in [0, 0.1) is 5.92 Å². The van der Waals surface area contributed by atoms with Gasteiger partial charge in [0, 0.05) is 25.8 Å². The molecule has 0 aliphatic carbocycles.